The first-order chi connectivity index (χ1) is 15.4. The summed E-state index contributed by atoms with van der Waals surface area (Å²) < 4.78 is 13.1. The molecule has 0 unspecified atom stereocenters. The minimum atomic E-state index is -0.549. The van der Waals surface area contributed by atoms with Crippen molar-refractivity contribution in [3.63, 3.8) is 0 Å². The molecule has 0 aromatic heterocycles. The number of benzene rings is 2. The summed E-state index contributed by atoms with van der Waals surface area (Å²) in [5.74, 6) is -0.854. The van der Waals surface area contributed by atoms with E-state index in [9.17, 15) is 18.8 Å². The number of halogens is 1. The number of piperazine rings is 1. The Morgan fingerprint density at radius 3 is 1.94 bits per heavy atom. The SMILES string of the molecule is C[C@@H]1CCCN(C(=O)c2ccc(CN3CCN(Cc4ccc(F)cc4)C(=O)C3=O)cc2)C1. The van der Waals surface area contributed by atoms with Crippen LogP contribution in [-0.2, 0) is 22.7 Å². The van der Waals surface area contributed by atoms with Crippen molar-refractivity contribution in [2.45, 2.75) is 32.9 Å². The second kappa shape index (κ2) is 9.51. The molecule has 0 aliphatic carbocycles. The molecule has 2 heterocycles. The van der Waals surface area contributed by atoms with Gasteiger partial charge >= 0.3 is 11.8 Å². The zero-order valence-electron chi connectivity index (χ0n) is 18.3. The van der Waals surface area contributed by atoms with Gasteiger partial charge in [0.05, 0.1) is 0 Å². The van der Waals surface area contributed by atoms with Crippen molar-refractivity contribution in [1.29, 1.82) is 0 Å². The Bertz CT molecular complexity index is 990. The lowest BCUT2D eigenvalue weighted by atomic mass is 9.99. The first-order valence-corrected chi connectivity index (χ1v) is 11.1. The molecule has 32 heavy (non-hydrogen) atoms. The van der Waals surface area contributed by atoms with Crippen LogP contribution in [0.4, 0.5) is 4.39 Å². The Hall–Kier alpha value is -3.22. The summed E-state index contributed by atoms with van der Waals surface area (Å²) >= 11 is 0. The van der Waals surface area contributed by atoms with Gasteiger partial charge in [-0.1, -0.05) is 31.2 Å². The maximum atomic E-state index is 13.1. The minimum absolute atomic E-state index is 0.0451. The van der Waals surface area contributed by atoms with E-state index < -0.39 is 11.8 Å². The summed E-state index contributed by atoms with van der Waals surface area (Å²) in [6.07, 6.45) is 2.20. The molecule has 0 spiro atoms. The Labute approximate surface area is 187 Å². The van der Waals surface area contributed by atoms with E-state index in [1.54, 1.807) is 24.3 Å². The van der Waals surface area contributed by atoms with E-state index in [2.05, 4.69) is 6.92 Å². The highest BCUT2D eigenvalue weighted by atomic mass is 19.1. The molecule has 2 aromatic rings. The summed E-state index contributed by atoms with van der Waals surface area (Å²) in [5.41, 5.74) is 2.31. The number of carbonyl (C=O) groups is 3. The minimum Gasteiger partial charge on any atom is -0.338 e. The third-order valence-corrected chi connectivity index (χ3v) is 6.20. The Balaban J connectivity index is 1.34. The normalized spacial score (nSPS) is 19.4. The van der Waals surface area contributed by atoms with Gasteiger partial charge in [-0.2, -0.15) is 0 Å². The maximum absolute atomic E-state index is 13.1. The number of likely N-dealkylation sites (tertiary alicyclic amines) is 1. The van der Waals surface area contributed by atoms with Crippen molar-refractivity contribution in [3.8, 4) is 0 Å². The van der Waals surface area contributed by atoms with Crippen LogP contribution in [0.15, 0.2) is 48.5 Å². The molecule has 7 heteroatoms. The average Bonchev–Trinajstić information content (AvgIpc) is 2.80. The topological polar surface area (TPSA) is 60.9 Å². The summed E-state index contributed by atoms with van der Waals surface area (Å²) in [7, 11) is 0. The van der Waals surface area contributed by atoms with Crippen molar-refractivity contribution >= 4 is 17.7 Å². The molecule has 4 rings (SSSR count). The van der Waals surface area contributed by atoms with Gasteiger partial charge in [0.2, 0.25) is 0 Å². The molecular formula is C25H28FN3O3. The highest BCUT2D eigenvalue weighted by molar-refractivity contribution is 6.35. The monoisotopic (exact) mass is 437 g/mol. The molecule has 6 nitrogen and oxygen atoms in total. The maximum Gasteiger partial charge on any atom is 0.312 e. The number of piperidine rings is 1. The van der Waals surface area contributed by atoms with E-state index in [4.69, 9.17) is 0 Å². The van der Waals surface area contributed by atoms with Crippen molar-refractivity contribution < 1.29 is 18.8 Å². The predicted molar refractivity (Wildman–Crippen MR) is 118 cm³/mol. The molecule has 2 aliphatic rings. The highest BCUT2D eigenvalue weighted by Gasteiger charge is 2.32. The van der Waals surface area contributed by atoms with E-state index in [1.807, 2.05) is 17.0 Å². The molecule has 0 saturated carbocycles. The van der Waals surface area contributed by atoms with Crippen LogP contribution in [0.5, 0.6) is 0 Å². The van der Waals surface area contributed by atoms with E-state index in [0.717, 1.165) is 37.1 Å². The van der Waals surface area contributed by atoms with Crippen LogP contribution in [0.1, 0.15) is 41.3 Å². The first kappa shape index (κ1) is 22.0. The average molecular weight is 438 g/mol. The summed E-state index contributed by atoms with van der Waals surface area (Å²) in [6.45, 7) is 5.21. The van der Waals surface area contributed by atoms with Crippen molar-refractivity contribution in [2.24, 2.45) is 5.92 Å². The van der Waals surface area contributed by atoms with Crippen LogP contribution >= 0.6 is 0 Å². The standard InChI is InChI=1S/C25H28FN3O3/c1-18-3-2-12-27(15-18)23(30)21-8-4-19(5-9-21)16-28-13-14-29(25(32)24(28)31)17-20-6-10-22(26)11-7-20/h4-11,18H,2-3,12-17H2,1H3/t18-/m1/s1. The van der Waals surface area contributed by atoms with Gasteiger partial charge in [-0.3, -0.25) is 14.4 Å². The second-order valence-electron chi connectivity index (χ2n) is 8.78. The van der Waals surface area contributed by atoms with Gasteiger partial charge in [-0.15, -0.1) is 0 Å². The van der Waals surface area contributed by atoms with Crippen LogP contribution in [-0.4, -0.2) is 58.6 Å². The van der Waals surface area contributed by atoms with E-state index in [1.165, 1.54) is 21.9 Å². The first-order valence-electron chi connectivity index (χ1n) is 11.1. The van der Waals surface area contributed by atoms with Gasteiger partial charge in [-0.05, 0) is 54.2 Å². The van der Waals surface area contributed by atoms with Gasteiger partial charge < -0.3 is 14.7 Å². The molecule has 2 aliphatic heterocycles. The van der Waals surface area contributed by atoms with Crippen LogP contribution in [0.25, 0.3) is 0 Å². The third kappa shape index (κ3) is 4.98. The Kier molecular flexibility index (Phi) is 6.53. The van der Waals surface area contributed by atoms with Crippen LogP contribution in [0, 0.1) is 11.7 Å². The van der Waals surface area contributed by atoms with Crippen molar-refractivity contribution in [2.75, 3.05) is 26.2 Å². The van der Waals surface area contributed by atoms with Gasteiger partial charge in [0.15, 0.2) is 0 Å². The molecule has 1 atom stereocenters. The molecule has 2 aromatic carbocycles. The summed E-state index contributed by atoms with van der Waals surface area (Å²) in [5, 5.41) is 0. The fraction of sp³-hybridized carbons (Fsp3) is 0.400. The fourth-order valence-corrected chi connectivity index (χ4v) is 4.36. The molecule has 0 bridgehead atoms. The van der Waals surface area contributed by atoms with Gasteiger partial charge in [0.25, 0.3) is 5.91 Å². The number of rotatable bonds is 5. The van der Waals surface area contributed by atoms with Crippen LogP contribution in [0.3, 0.4) is 0 Å². The number of hydrogen-bond donors (Lipinski definition) is 0. The zero-order valence-corrected chi connectivity index (χ0v) is 18.3. The van der Waals surface area contributed by atoms with Crippen molar-refractivity contribution in [1.82, 2.24) is 14.7 Å². The number of hydrogen-bond acceptors (Lipinski definition) is 3. The Morgan fingerprint density at radius 1 is 0.875 bits per heavy atom. The second-order valence-corrected chi connectivity index (χ2v) is 8.78. The van der Waals surface area contributed by atoms with Crippen LogP contribution < -0.4 is 0 Å². The lowest BCUT2D eigenvalue weighted by Crippen LogP contribution is -2.53. The predicted octanol–water partition coefficient (Wildman–Crippen LogP) is 3.07. The number of carbonyl (C=O) groups excluding carboxylic acids is 3. The highest BCUT2D eigenvalue weighted by Crippen LogP contribution is 2.19. The molecular weight excluding hydrogens is 409 g/mol. The van der Waals surface area contributed by atoms with Gasteiger partial charge in [0, 0.05) is 44.8 Å². The lowest BCUT2D eigenvalue weighted by molar-refractivity contribution is -0.156. The zero-order chi connectivity index (χ0) is 22.7. The molecule has 2 saturated heterocycles. The quantitative estimate of drug-likeness (QED) is 0.676. The van der Waals surface area contributed by atoms with Gasteiger partial charge in [0.1, 0.15) is 5.82 Å². The summed E-state index contributed by atoms with van der Waals surface area (Å²) in [4.78, 5) is 42.8. The van der Waals surface area contributed by atoms with E-state index >= 15 is 0 Å². The molecule has 0 radical (unpaired) electrons. The van der Waals surface area contributed by atoms with Gasteiger partial charge in [-0.25, -0.2) is 4.39 Å². The number of amides is 3. The molecule has 168 valence electrons. The largest absolute Gasteiger partial charge is 0.338 e. The van der Waals surface area contributed by atoms with Crippen LogP contribution in [0.2, 0.25) is 0 Å². The molecule has 0 N–H and O–H groups in total. The lowest BCUT2D eigenvalue weighted by Gasteiger charge is -2.34. The summed E-state index contributed by atoms with van der Waals surface area (Å²) in [6, 6.07) is 13.2. The number of nitrogens with zero attached hydrogens (tertiary/aromatic N) is 3. The molecule has 3 amide bonds. The van der Waals surface area contributed by atoms with E-state index in [-0.39, 0.29) is 18.3 Å². The van der Waals surface area contributed by atoms with E-state index in [0.29, 0.717) is 31.1 Å². The van der Waals surface area contributed by atoms with Crippen molar-refractivity contribution in [3.05, 3.63) is 71.0 Å². The smallest absolute Gasteiger partial charge is 0.312 e. The molecule has 2 fully saturated rings. The Morgan fingerprint density at radius 2 is 1.41 bits per heavy atom. The fourth-order valence-electron chi connectivity index (χ4n) is 4.36. The third-order valence-electron chi connectivity index (χ3n) is 6.20.